The predicted molar refractivity (Wildman–Crippen MR) is 83.2 cm³/mol. The van der Waals surface area contributed by atoms with Crippen molar-refractivity contribution >= 4 is 22.4 Å². The first kappa shape index (κ1) is 15.4. The van der Waals surface area contributed by atoms with Crippen LogP contribution in [0.3, 0.4) is 0 Å². The van der Waals surface area contributed by atoms with Crippen molar-refractivity contribution in [2.24, 2.45) is 5.92 Å². The van der Waals surface area contributed by atoms with Gasteiger partial charge in [-0.1, -0.05) is 13.8 Å². The largest absolute Gasteiger partial charge is 0.301 e. The minimum Gasteiger partial charge on any atom is -0.301 e. The maximum Gasteiger partial charge on any atom is 0.242 e. The second-order valence-electron chi connectivity index (χ2n) is 5.74. The zero-order valence-electron chi connectivity index (χ0n) is 12.6. The van der Waals surface area contributed by atoms with Gasteiger partial charge in [0.2, 0.25) is 5.91 Å². The molecule has 6 heteroatoms. The van der Waals surface area contributed by atoms with Gasteiger partial charge in [0.05, 0.1) is 6.54 Å². The molecule has 0 aliphatic carbocycles. The van der Waals surface area contributed by atoms with Crippen LogP contribution < -0.4 is 4.90 Å². The highest BCUT2D eigenvalue weighted by atomic mass is 32.1. The third kappa shape index (κ3) is 4.26. The van der Waals surface area contributed by atoms with Crippen LogP contribution in [0.2, 0.25) is 0 Å². The van der Waals surface area contributed by atoms with Gasteiger partial charge in [0, 0.05) is 51.3 Å². The van der Waals surface area contributed by atoms with E-state index in [4.69, 9.17) is 0 Å². The number of carbonyl (C=O) groups is 1. The van der Waals surface area contributed by atoms with E-state index in [0.717, 1.165) is 37.9 Å². The monoisotopic (exact) mass is 296 g/mol. The summed E-state index contributed by atoms with van der Waals surface area (Å²) in [6.45, 7) is 10.2. The molecule has 0 unspecified atom stereocenters. The number of rotatable bonds is 5. The molecule has 0 spiro atoms. The van der Waals surface area contributed by atoms with Crippen molar-refractivity contribution in [3.8, 4) is 0 Å². The maximum absolute atomic E-state index is 12.2. The van der Waals surface area contributed by atoms with Gasteiger partial charge in [-0.2, -0.15) is 0 Å². The molecule has 2 heterocycles. The first-order valence-corrected chi connectivity index (χ1v) is 8.05. The number of aromatic nitrogens is 1. The molecule has 1 aliphatic rings. The Hall–Kier alpha value is -0.980. The van der Waals surface area contributed by atoms with E-state index >= 15 is 0 Å². The van der Waals surface area contributed by atoms with Gasteiger partial charge in [-0.05, 0) is 5.92 Å². The Morgan fingerprint density at radius 1 is 1.35 bits per heavy atom. The fourth-order valence-electron chi connectivity index (χ4n) is 2.43. The maximum atomic E-state index is 12.2. The van der Waals surface area contributed by atoms with Crippen LogP contribution in [0.25, 0.3) is 0 Å². The van der Waals surface area contributed by atoms with Gasteiger partial charge in [-0.3, -0.25) is 14.6 Å². The molecule has 5 nitrogen and oxygen atoms in total. The molecule has 112 valence electrons. The molecule has 1 aromatic heterocycles. The summed E-state index contributed by atoms with van der Waals surface area (Å²) >= 11 is 1.50. The molecule has 0 radical (unpaired) electrons. The summed E-state index contributed by atoms with van der Waals surface area (Å²) in [5.41, 5.74) is 0. The van der Waals surface area contributed by atoms with E-state index in [0.29, 0.717) is 12.5 Å². The van der Waals surface area contributed by atoms with Crippen LogP contribution in [0, 0.1) is 5.92 Å². The summed E-state index contributed by atoms with van der Waals surface area (Å²) < 4.78 is 0. The highest BCUT2D eigenvalue weighted by molar-refractivity contribution is 7.13. The number of piperazine rings is 1. The molecule has 1 amide bonds. The Labute approximate surface area is 125 Å². The van der Waals surface area contributed by atoms with E-state index in [1.54, 1.807) is 18.1 Å². The molecule has 1 aliphatic heterocycles. The number of nitrogens with zero attached hydrogens (tertiary/aromatic N) is 4. The predicted octanol–water partition coefficient (Wildman–Crippen LogP) is 1.38. The summed E-state index contributed by atoms with van der Waals surface area (Å²) in [4.78, 5) is 22.8. The smallest absolute Gasteiger partial charge is 0.242 e. The van der Waals surface area contributed by atoms with Gasteiger partial charge < -0.3 is 4.90 Å². The van der Waals surface area contributed by atoms with Gasteiger partial charge >= 0.3 is 0 Å². The summed E-state index contributed by atoms with van der Waals surface area (Å²) in [5, 5.41) is 2.66. The van der Waals surface area contributed by atoms with E-state index < -0.39 is 0 Å². The van der Waals surface area contributed by atoms with E-state index in [1.165, 1.54) is 11.3 Å². The van der Waals surface area contributed by atoms with Crippen LogP contribution in [0.15, 0.2) is 11.6 Å². The minimum absolute atomic E-state index is 0.122. The Balaban J connectivity index is 1.76. The lowest BCUT2D eigenvalue weighted by Crippen LogP contribution is -2.50. The first-order chi connectivity index (χ1) is 9.56. The molecule has 0 aromatic carbocycles. The van der Waals surface area contributed by atoms with Crippen LogP contribution in [0.4, 0.5) is 5.13 Å². The third-order valence-corrected chi connectivity index (χ3v) is 4.38. The SMILES string of the molecule is CC(C)CN1CCN(CC(=O)N(C)c2nccs2)CC1. The van der Waals surface area contributed by atoms with E-state index in [2.05, 4.69) is 28.6 Å². The number of thiazole rings is 1. The average molecular weight is 296 g/mol. The van der Waals surface area contributed by atoms with Gasteiger partial charge in [-0.15, -0.1) is 11.3 Å². The Morgan fingerprint density at radius 3 is 2.55 bits per heavy atom. The van der Waals surface area contributed by atoms with Crippen molar-refractivity contribution in [2.75, 3.05) is 51.2 Å². The zero-order valence-corrected chi connectivity index (χ0v) is 13.4. The van der Waals surface area contributed by atoms with E-state index in [-0.39, 0.29) is 5.91 Å². The van der Waals surface area contributed by atoms with Crippen molar-refractivity contribution in [2.45, 2.75) is 13.8 Å². The van der Waals surface area contributed by atoms with Gasteiger partial charge in [0.15, 0.2) is 5.13 Å². The summed E-state index contributed by atoms with van der Waals surface area (Å²) in [6, 6.07) is 0. The Bertz CT molecular complexity index is 413. The third-order valence-electron chi connectivity index (χ3n) is 3.53. The fourth-order valence-corrected chi connectivity index (χ4v) is 3.06. The zero-order chi connectivity index (χ0) is 14.5. The Morgan fingerprint density at radius 2 is 2.00 bits per heavy atom. The quantitative estimate of drug-likeness (QED) is 0.823. The topological polar surface area (TPSA) is 39.7 Å². The van der Waals surface area contributed by atoms with Crippen LogP contribution in [-0.4, -0.2) is 67.0 Å². The standard InChI is InChI=1S/C14H24N4OS/c1-12(2)10-17-5-7-18(8-6-17)11-13(19)16(3)14-15-4-9-20-14/h4,9,12H,5-8,10-11H2,1-3H3. The van der Waals surface area contributed by atoms with Gasteiger partial charge in [0.25, 0.3) is 0 Å². The van der Waals surface area contributed by atoms with Crippen molar-refractivity contribution < 1.29 is 4.79 Å². The number of carbonyl (C=O) groups excluding carboxylic acids is 1. The van der Waals surface area contributed by atoms with Crippen LogP contribution in [-0.2, 0) is 4.79 Å². The van der Waals surface area contributed by atoms with Crippen LogP contribution in [0.1, 0.15) is 13.8 Å². The van der Waals surface area contributed by atoms with Crippen molar-refractivity contribution in [1.82, 2.24) is 14.8 Å². The van der Waals surface area contributed by atoms with Crippen molar-refractivity contribution in [3.63, 3.8) is 0 Å². The highest BCUT2D eigenvalue weighted by Gasteiger charge is 2.21. The van der Waals surface area contributed by atoms with Crippen molar-refractivity contribution in [1.29, 1.82) is 0 Å². The van der Waals surface area contributed by atoms with Gasteiger partial charge in [-0.25, -0.2) is 4.98 Å². The van der Waals surface area contributed by atoms with Crippen LogP contribution in [0.5, 0.6) is 0 Å². The summed E-state index contributed by atoms with van der Waals surface area (Å²) in [5.74, 6) is 0.830. The number of amides is 1. The lowest BCUT2D eigenvalue weighted by Gasteiger charge is -2.35. The fraction of sp³-hybridized carbons (Fsp3) is 0.714. The number of likely N-dealkylation sites (N-methyl/N-ethyl adjacent to an activating group) is 1. The molecular weight excluding hydrogens is 272 g/mol. The second kappa shape index (κ2) is 7.15. The molecule has 0 atom stereocenters. The number of hydrogen-bond donors (Lipinski definition) is 0. The second-order valence-corrected chi connectivity index (χ2v) is 6.61. The average Bonchev–Trinajstić information content (AvgIpc) is 2.93. The summed E-state index contributed by atoms with van der Waals surface area (Å²) in [6.07, 6.45) is 1.73. The van der Waals surface area contributed by atoms with Crippen molar-refractivity contribution in [3.05, 3.63) is 11.6 Å². The molecule has 1 aromatic rings. The molecule has 0 bridgehead atoms. The molecule has 0 saturated carbocycles. The Kier molecular flexibility index (Phi) is 5.51. The molecule has 0 N–H and O–H groups in total. The minimum atomic E-state index is 0.122. The first-order valence-electron chi connectivity index (χ1n) is 7.17. The van der Waals surface area contributed by atoms with E-state index in [1.807, 2.05) is 5.38 Å². The highest BCUT2D eigenvalue weighted by Crippen LogP contribution is 2.16. The molecule has 2 rings (SSSR count). The lowest BCUT2D eigenvalue weighted by molar-refractivity contribution is -0.119. The number of anilines is 1. The van der Waals surface area contributed by atoms with E-state index in [9.17, 15) is 4.79 Å². The molecule has 1 fully saturated rings. The molecular formula is C14H24N4OS. The lowest BCUT2D eigenvalue weighted by atomic mass is 10.2. The number of hydrogen-bond acceptors (Lipinski definition) is 5. The normalized spacial score (nSPS) is 17.6. The summed E-state index contributed by atoms with van der Waals surface area (Å²) in [7, 11) is 1.80. The van der Waals surface area contributed by atoms with Crippen LogP contribution >= 0.6 is 11.3 Å². The molecule has 20 heavy (non-hydrogen) atoms. The van der Waals surface area contributed by atoms with Gasteiger partial charge in [0.1, 0.15) is 0 Å². The molecule has 1 saturated heterocycles.